The quantitative estimate of drug-likeness (QED) is 0.717. The van der Waals surface area contributed by atoms with E-state index in [0.717, 1.165) is 22.5 Å². The average Bonchev–Trinajstić information content (AvgIpc) is 2.56. The van der Waals surface area contributed by atoms with Gasteiger partial charge in [-0.25, -0.2) is 4.99 Å². The first kappa shape index (κ1) is 14.1. The molecule has 0 fully saturated rings. The Morgan fingerprint density at radius 2 is 1.64 bits per heavy atom. The van der Waals surface area contributed by atoms with Gasteiger partial charge in [0.25, 0.3) is 0 Å². The zero-order chi connectivity index (χ0) is 15.7. The molecule has 2 aliphatic rings. The van der Waals surface area contributed by atoms with E-state index in [1.807, 2.05) is 62.7 Å². The lowest BCUT2D eigenvalue weighted by Gasteiger charge is -2.23. The number of hydrogen-bond acceptors (Lipinski definition) is 3. The second-order valence-corrected chi connectivity index (χ2v) is 5.08. The molecule has 1 aromatic carbocycles. The summed E-state index contributed by atoms with van der Waals surface area (Å²) >= 11 is 0. The first-order chi connectivity index (χ1) is 10.7. The summed E-state index contributed by atoms with van der Waals surface area (Å²) in [6, 6.07) is 7.41. The maximum atomic E-state index is 12.4. The number of anilines is 1. The van der Waals surface area contributed by atoms with Gasteiger partial charge in [-0.1, -0.05) is 12.1 Å². The highest BCUT2D eigenvalue weighted by molar-refractivity contribution is 6.39. The van der Waals surface area contributed by atoms with Crippen molar-refractivity contribution in [1.29, 1.82) is 0 Å². The fourth-order valence-corrected chi connectivity index (χ4v) is 2.55. The van der Waals surface area contributed by atoms with Crippen molar-refractivity contribution in [2.75, 3.05) is 19.4 Å². The Hall–Kier alpha value is -2.88. The summed E-state index contributed by atoms with van der Waals surface area (Å²) in [6.45, 7) is 0. The van der Waals surface area contributed by atoms with Crippen LogP contribution in [0.5, 0.6) is 0 Å². The van der Waals surface area contributed by atoms with E-state index >= 15 is 0 Å². The van der Waals surface area contributed by atoms with Crippen LogP contribution >= 0.6 is 0 Å². The molecule has 0 unspecified atom stereocenters. The van der Waals surface area contributed by atoms with Crippen LogP contribution in [-0.2, 0) is 4.79 Å². The van der Waals surface area contributed by atoms with Crippen molar-refractivity contribution < 1.29 is 14.9 Å². The minimum Gasteiger partial charge on any atom is -0.506 e. The molecule has 0 heterocycles. The van der Waals surface area contributed by atoms with Crippen LogP contribution in [0.2, 0.25) is 0 Å². The SMILES string of the molecule is CNc1ccc(C2=C(O)C(=C3C=CC(=[NH+]C)C=C3)C2=O)cc1. The minimum atomic E-state index is -0.119. The zero-order valence-electron chi connectivity index (χ0n) is 12.5. The molecular formula is C18H17N2O2+. The smallest absolute Gasteiger partial charge is 0.201 e. The highest BCUT2D eigenvalue weighted by Crippen LogP contribution is 2.38. The molecule has 0 spiro atoms. The maximum Gasteiger partial charge on any atom is 0.201 e. The van der Waals surface area contributed by atoms with Gasteiger partial charge in [-0.05, 0) is 35.4 Å². The number of Topliss-reactive ketones (excluding diaryl/α,β-unsaturated/α-hetero) is 1. The highest BCUT2D eigenvalue weighted by atomic mass is 16.3. The fraction of sp³-hybridized carbons (Fsp3) is 0.111. The largest absolute Gasteiger partial charge is 0.506 e. The molecule has 0 aliphatic heterocycles. The van der Waals surface area contributed by atoms with Crippen molar-refractivity contribution in [2.45, 2.75) is 0 Å². The molecule has 2 aliphatic carbocycles. The monoisotopic (exact) mass is 293 g/mol. The number of allylic oxidation sites excluding steroid dienone is 7. The van der Waals surface area contributed by atoms with Crippen LogP contribution in [0.25, 0.3) is 5.57 Å². The lowest BCUT2D eigenvalue weighted by Crippen LogP contribution is -2.67. The molecule has 0 atom stereocenters. The van der Waals surface area contributed by atoms with Gasteiger partial charge in [0.1, 0.15) is 12.8 Å². The van der Waals surface area contributed by atoms with Crippen molar-refractivity contribution in [3.63, 3.8) is 0 Å². The number of aliphatic hydroxyl groups excluding tert-OH is 1. The van der Waals surface area contributed by atoms with Crippen molar-refractivity contribution >= 4 is 22.8 Å². The standard InChI is InChI=1S/C18H16N2O2/c1-19-13-7-3-11(4-8-13)15-17(21)16(18(15)22)12-5-9-14(20-2)10-6-12/h3-10,19,21H,1-2H3/p+1. The Bertz CT molecular complexity index is 773. The number of nitrogens with one attached hydrogen (secondary N) is 2. The first-order valence-corrected chi connectivity index (χ1v) is 7.07. The third-order valence-corrected chi connectivity index (χ3v) is 3.85. The van der Waals surface area contributed by atoms with Crippen molar-refractivity contribution in [3.05, 3.63) is 71.0 Å². The minimum absolute atomic E-state index is 0.0689. The van der Waals surface area contributed by atoms with E-state index in [2.05, 4.69) is 10.3 Å². The lowest BCUT2D eigenvalue weighted by atomic mass is 9.80. The van der Waals surface area contributed by atoms with Crippen LogP contribution in [-0.4, -0.2) is 30.7 Å². The lowest BCUT2D eigenvalue weighted by molar-refractivity contribution is -0.417. The van der Waals surface area contributed by atoms with E-state index in [9.17, 15) is 9.90 Å². The zero-order valence-corrected chi connectivity index (χ0v) is 12.5. The second-order valence-electron chi connectivity index (χ2n) is 5.08. The Labute approximate surface area is 128 Å². The number of benzene rings is 1. The van der Waals surface area contributed by atoms with Crippen LogP contribution < -0.4 is 10.3 Å². The summed E-state index contributed by atoms with van der Waals surface area (Å²) < 4.78 is 0. The van der Waals surface area contributed by atoms with Crippen molar-refractivity contribution in [2.24, 2.45) is 0 Å². The van der Waals surface area contributed by atoms with E-state index < -0.39 is 0 Å². The van der Waals surface area contributed by atoms with Crippen molar-refractivity contribution in [3.8, 4) is 0 Å². The van der Waals surface area contributed by atoms with Crippen LogP contribution in [0.1, 0.15) is 5.56 Å². The Morgan fingerprint density at radius 1 is 1.00 bits per heavy atom. The number of rotatable bonds is 2. The summed E-state index contributed by atoms with van der Waals surface area (Å²) in [5, 5.41) is 13.3. The molecule has 0 bridgehead atoms. The number of hydrogen-bond donors (Lipinski definition) is 3. The molecule has 0 aromatic heterocycles. The molecule has 0 radical (unpaired) electrons. The van der Waals surface area contributed by atoms with Gasteiger partial charge in [0.2, 0.25) is 5.78 Å². The maximum absolute atomic E-state index is 12.4. The van der Waals surface area contributed by atoms with Crippen LogP contribution in [0, 0.1) is 0 Å². The van der Waals surface area contributed by atoms with Crippen molar-refractivity contribution in [1.82, 2.24) is 0 Å². The first-order valence-electron chi connectivity index (χ1n) is 7.07. The molecule has 3 N–H and O–H groups in total. The summed E-state index contributed by atoms with van der Waals surface area (Å²) in [7, 11) is 3.67. The molecule has 3 rings (SSSR count). The van der Waals surface area contributed by atoms with Crippen LogP contribution in [0.3, 0.4) is 0 Å². The Balaban J connectivity index is 1.98. The van der Waals surface area contributed by atoms with E-state index in [-0.39, 0.29) is 11.5 Å². The number of ketones is 1. The van der Waals surface area contributed by atoms with Gasteiger partial charge in [0.05, 0.1) is 11.1 Å². The van der Waals surface area contributed by atoms with E-state index in [4.69, 9.17) is 0 Å². The Kier molecular flexibility index (Phi) is 3.51. The summed E-state index contributed by atoms with van der Waals surface area (Å²) in [4.78, 5) is 15.4. The molecule has 110 valence electrons. The summed E-state index contributed by atoms with van der Waals surface area (Å²) in [5.74, 6) is -0.0497. The molecule has 0 amide bonds. The molecule has 4 nitrogen and oxygen atoms in total. The second kappa shape index (κ2) is 5.48. The predicted molar refractivity (Wildman–Crippen MR) is 87.7 cm³/mol. The third-order valence-electron chi connectivity index (χ3n) is 3.85. The van der Waals surface area contributed by atoms with Gasteiger partial charge >= 0.3 is 0 Å². The van der Waals surface area contributed by atoms with E-state index in [1.165, 1.54) is 0 Å². The molecule has 0 saturated heterocycles. The van der Waals surface area contributed by atoms with Gasteiger partial charge in [-0.3, -0.25) is 4.79 Å². The fourth-order valence-electron chi connectivity index (χ4n) is 2.55. The Morgan fingerprint density at radius 3 is 2.14 bits per heavy atom. The van der Waals surface area contributed by atoms with Gasteiger partial charge in [-0.2, -0.15) is 0 Å². The number of aliphatic hydroxyl groups is 1. The average molecular weight is 293 g/mol. The van der Waals surface area contributed by atoms with Crippen LogP contribution in [0.4, 0.5) is 5.69 Å². The van der Waals surface area contributed by atoms with E-state index in [1.54, 1.807) is 0 Å². The van der Waals surface area contributed by atoms with Gasteiger partial charge in [0, 0.05) is 24.9 Å². The van der Waals surface area contributed by atoms with Crippen LogP contribution in [0.15, 0.2) is 65.5 Å². The van der Waals surface area contributed by atoms with Gasteiger partial charge < -0.3 is 10.4 Å². The summed E-state index contributed by atoms with van der Waals surface area (Å²) in [5.41, 5.74) is 4.16. The molecule has 4 heteroatoms. The molecule has 22 heavy (non-hydrogen) atoms. The molecule has 0 saturated carbocycles. The third kappa shape index (κ3) is 2.19. The van der Waals surface area contributed by atoms with E-state index in [0.29, 0.717) is 11.1 Å². The predicted octanol–water partition coefficient (Wildman–Crippen LogP) is 1.15. The number of carbonyl (C=O) groups excluding carboxylic acids is 1. The summed E-state index contributed by atoms with van der Waals surface area (Å²) in [6.07, 6.45) is 7.41. The normalized spacial score (nSPS) is 17.0. The topological polar surface area (TPSA) is 63.3 Å². The number of carbonyl (C=O) groups is 1. The molecule has 1 aromatic rings. The molecular weight excluding hydrogens is 276 g/mol. The highest BCUT2D eigenvalue weighted by Gasteiger charge is 2.36. The van der Waals surface area contributed by atoms with Gasteiger partial charge in [-0.15, -0.1) is 0 Å². The van der Waals surface area contributed by atoms with Gasteiger partial charge in [0.15, 0.2) is 5.71 Å².